The molecular formula is C18H22N2O3. The lowest BCUT2D eigenvalue weighted by atomic mass is 10.0. The number of aromatic nitrogens is 1. The molecule has 2 aromatic rings. The number of carbonyl (C=O) groups excluding carboxylic acids is 1. The molecule has 1 saturated heterocycles. The van der Waals surface area contributed by atoms with Crippen molar-refractivity contribution in [2.75, 3.05) is 6.54 Å². The third-order valence-electron chi connectivity index (χ3n) is 4.43. The Morgan fingerprint density at radius 2 is 2.13 bits per heavy atom. The van der Waals surface area contributed by atoms with Crippen molar-refractivity contribution in [3.63, 3.8) is 0 Å². The number of aliphatic hydroxyl groups is 1. The number of hydrogen-bond acceptors (Lipinski definition) is 4. The number of likely N-dealkylation sites (tertiary alicyclic amines) is 1. The summed E-state index contributed by atoms with van der Waals surface area (Å²) in [5.41, 5.74) is 0.652. The molecule has 5 heteroatoms. The Morgan fingerprint density at radius 1 is 1.30 bits per heavy atom. The molecule has 5 nitrogen and oxygen atoms in total. The van der Waals surface area contributed by atoms with Crippen LogP contribution in [-0.2, 0) is 0 Å². The van der Waals surface area contributed by atoms with Gasteiger partial charge in [-0.3, -0.25) is 9.78 Å². The van der Waals surface area contributed by atoms with Gasteiger partial charge in [0.15, 0.2) is 0 Å². The molecule has 0 spiro atoms. The van der Waals surface area contributed by atoms with E-state index in [1.807, 2.05) is 4.90 Å². The van der Waals surface area contributed by atoms with Gasteiger partial charge < -0.3 is 14.4 Å². The lowest BCUT2D eigenvalue weighted by molar-refractivity contribution is 0.0557. The number of furan rings is 1. The molecule has 1 amide bonds. The van der Waals surface area contributed by atoms with E-state index < -0.39 is 6.10 Å². The molecule has 122 valence electrons. The maximum atomic E-state index is 12.8. The summed E-state index contributed by atoms with van der Waals surface area (Å²) in [6.07, 6.45) is 8.77. The first-order valence-corrected chi connectivity index (χ1v) is 8.18. The number of rotatable bonds is 4. The topological polar surface area (TPSA) is 66.6 Å². The van der Waals surface area contributed by atoms with Crippen LogP contribution >= 0.6 is 0 Å². The molecule has 0 radical (unpaired) electrons. The van der Waals surface area contributed by atoms with E-state index in [-0.39, 0.29) is 11.9 Å². The van der Waals surface area contributed by atoms with Crippen LogP contribution in [0.2, 0.25) is 0 Å². The van der Waals surface area contributed by atoms with Crippen molar-refractivity contribution in [2.24, 2.45) is 0 Å². The molecule has 0 saturated carbocycles. The minimum atomic E-state index is -0.680. The summed E-state index contributed by atoms with van der Waals surface area (Å²) in [4.78, 5) is 18.7. The van der Waals surface area contributed by atoms with Crippen molar-refractivity contribution in [1.82, 2.24) is 9.88 Å². The lowest BCUT2D eigenvalue weighted by Crippen LogP contribution is -2.40. The second kappa shape index (κ2) is 7.42. The van der Waals surface area contributed by atoms with Crippen LogP contribution in [0.3, 0.4) is 0 Å². The smallest absolute Gasteiger partial charge is 0.254 e. The molecular weight excluding hydrogens is 292 g/mol. The highest BCUT2D eigenvalue weighted by molar-refractivity contribution is 5.94. The first kappa shape index (κ1) is 15.7. The van der Waals surface area contributed by atoms with Crippen LogP contribution in [0.1, 0.15) is 54.3 Å². The van der Waals surface area contributed by atoms with Gasteiger partial charge in [0.1, 0.15) is 11.9 Å². The Hall–Kier alpha value is -2.14. The average molecular weight is 314 g/mol. The fraction of sp³-hybridized carbons (Fsp3) is 0.444. The van der Waals surface area contributed by atoms with Gasteiger partial charge in [-0.05, 0) is 37.1 Å². The van der Waals surface area contributed by atoms with Crippen molar-refractivity contribution >= 4 is 5.91 Å². The van der Waals surface area contributed by atoms with Gasteiger partial charge in [0, 0.05) is 37.0 Å². The van der Waals surface area contributed by atoms with Crippen LogP contribution in [-0.4, -0.2) is 33.5 Å². The summed E-state index contributed by atoms with van der Waals surface area (Å²) < 4.78 is 5.29. The summed E-state index contributed by atoms with van der Waals surface area (Å²) in [6.45, 7) is 0.733. The Kier molecular flexibility index (Phi) is 5.08. The van der Waals surface area contributed by atoms with Crippen molar-refractivity contribution in [1.29, 1.82) is 0 Å². The number of carbonyl (C=O) groups is 1. The highest BCUT2D eigenvalue weighted by Crippen LogP contribution is 2.27. The molecule has 2 atom stereocenters. The molecule has 2 aromatic heterocycles. The quantitative estimate of drug-likeness (QED) is 0.941. The SMILES string of the molecule is O=C(c1ccncc1)N1CCCCCC1CC(O)c1ccco1. The zero-order valence-electron chi connectivity index (χ0n) is 13.1. The van der Waals surface area contributed by atoms with E-state index in [2.05, 4.69) is 4.98 Å². The molecule has 0 bridgehead atoms. The summed E-state index contributed by atoms with van der Waals surface area (Å²) in [7, 11) is 0. The minimum Gasteiger partial charge on any atom is -0.467 e. The van der Waals surface area contributed by atoms with Gasteiger partial charge in [-0.1, -0.05) is 12.8 Å². The van der Waals surface area contributed by atoms with Gasteiger partial charge in [0.2, 0.25) is 0 Å². The average Bonchev–Trinajstić information content (AvgIpc) is 3.03. The predicted molar refractivity (Wildman–Crippen MR) is 85.8 cm³/mol. The molecule has 1 N–H and O–H groups in total. The number of aliphatic hydroxyl groups excluding tert-OH is 1. The fourth-order valence-electron chi connectivity index (χ4n) is 3.20. The Labute approximate surface area is 135 Å². The summed E-state index contributed by atoms with van der Waals surface area (Å²) >= 11 is 0. The van der Waals surface area contributed by atoms with Crippen LogP contribution in [0, 0.1) is 0 Å². The Morgan fingerprint density at radius 3 is 2.87 bits per heavy atom. The third kappa shape index (κ3) is 3.79. The van der Waals surface area contributed by atoms with Crippen LogP contribution in [0.5, 0.6) is 0 Å². The van der Waals surface area contributed by atoms with E-state index in [9.17, 15) is 9.90 Å². The molecule has 1 aliphatic rings. The number of hydrogen-bond donors (Lipinski definition) is 1. The van der Waals surface area contributed by atoms with Gasteiger partial charge >= 0.3 is 0 Å². The van der Waals surface area contributed by atoms with E-state index in [0.717, 1.165) is 32.2 Å². The molecule has 3 heterocycles. The van der Waals surface area contributed by atoms with Crippen molar-refractivity contribution in [3.05, 3.63) is 54.2 Å². The van der Waals surface area contributed by atoms with E-state index in [1.54, 1.807) is 42.9 Å². The highest BCUT2D eigenvalue weighted by Gasteiger charge is 2.29. The van der Waals surface area contributed by atoms with Crippen LogP contribution in [0.15, 0.2) is 47.3 Å². The molecule has 3 rings (SSSR count). The van der Waals surface area contributed by atoms with E-state index in [4.69, 9.17) is 4.42 Å². The van der Waals surface area contributed by atoms with Crippen molar-refractivity contribution in [2.45, 2.75) is 44.2 Å². The molecule has 1 fully saturated rings. The van der Waals surface area contributed by atoms with E-state index in [0.29, 0.717) is 17.7 Å². The van der Waals surface area contributed by atoms with Crippen LogP contribution in [0.4, 0.5) is 0 Å². The van der Waals surface area contributed by atoms with Crippen LogP contribution in [0.25, 0.3) is 0 Å². The second-order valence-electron chi connectivity index (χ2n) is 6.00. The van der Waals surface area contributed by atoms with Gasteiger partial charge in [0.25, 0.3) is 5.91 Å². The monoisotopic (exact) mass is 314 g/mol. The zero-order chi connectivity index (χ0) is 16.1. The second-order valence-corrected chi connectivity index (χ2v) is 6.00. The number of amides is 1. The molecule has 2 unspecified atom stereocenters. The lowest BCUT2D eigenvalue weighted by Gasteiger charge is -2.31. The largest absolute Gasteiger partial charge is 0.467 e. The standard InChI is InChI=1S/C18H22N2O3/c21-16(17-6-4-12-23-17)13-15-5-2-1-3-11-20(15)18(22)14-7-9-19-10-8-14/h4,6-10,12,15-16,21H,1-3,5,11,13H2. The molecule has 1 aliphatic heterocycles. The third-order valence-corrected chi connectivity index (χ3v) is 4.43. The Balaban J connectivity index is 1.76. The van der Waals surface area contributed by atoms with Gasteiger partial charge in [-0.2, -0.15) is 0 Å². The molecule has 23 heavy (non-hydrogen) atoms. The molecule has 0 aliphatic carbocycles. The molecule has 0 aromatic carbocycles. The summed E-state index contributed by atoms with van der Waals surface area (Å²) in [5.74, 6) is 0.580. The predicted octanol–water partition coefficient (Wildman–Crippen LogP) is 3.18. The fourth-order valence-corrected chi connectivity index (χ4v) is 3.20. The first-order valence-electron chi connectivity index (χ1n) is 8.18. The maximum absolute atomic E-state index is 12.8. The number of nitrogens with zero attached hydrogens (tertiary/aromatic N) is 2. The van der Waals surface area contributed by atoms with Gasteiger partial charge in [-0.25, -0.2) is 0 Å². The van der Waals surface area contributed by atoms with E-state index >= 15 is 0 Å². The van der Waals surface area contributed by atoms with Crippen LogP contribution < -0.4 is 0 Å². The minimum absolute atomic E-state index is 0.0194. The highest BCUT2D eigenvalue weighted by atomic mass is 16.4. The summed E-state index contributed by atoms with van der Waals surface area (Å²) in [6, 6.07) is 7.06. The first-order chi connectivity index (χ1) is 11.3. The van der Waals surface area contributed by atoms with Crippen molar-refractivity contribution < 1.29 is 14.3 Å². The van der Waals surface area contributed by atoms with E-state index in [1.165, 1.54) is 0 Å². The summed E-state index contributed by atoms with van der Waals surface area (Å²) in [5, 5.41) is 10.4. The van der Waals surface area contributed by atoms with Gasteiger partial charge in [-0.15, -0.1) is 0 Å². The maximum Gasteiger partial charge on any atom is 0.254 e. The van der Waals surface area contributed by atoms with Crippen molar-refractivity contribution in [3.8, 4) is 0 Å². The normalized spacial score (nSPS) is 20.0. The number of pyridine rings is 1. The van der Waals surface area contributed by atoms with Gasteiger partial charge in [0.05, 0.1) is 6.26 Å². The zero-order valence-corrected chi connectivity index (χ0v) is 13.1. The Bertz CT molecular complexity index is 612.